The molecule has 0 N–H and O–H groups in total. The number of aliphatic imine (C=N–C) groups is 1. The molecule has 1 fully saturated rings. The Morgan fingerprint density at radius 1 is 1.16 bits per heavy atom. The maximum Gasteiger partial charge on any atom is 0.410 e. The highest BCUT2D eigenvalue weighted by molar-refractivity contribution is 6.04. The Hall–Kier alpha value is -3.15. The quantitative estimate of drug-likeness (QED) is 0.287. The zero-order chi connectivity index (χ0) is 28.3. The van der Waals surface area contributed by atoms with Crippen molar-refractivity contribution >= 4 is 17.9 Å². The van der Waals surface area contributed by atoms with Gasteiger partial charge in [-0.2, -0.15) is 0 Å². The van der Waals surface area contributed by atoms with Crippen molar-refractivity contribution in [3.05, 3.63) is 77.9 Å². The van der Waals surface area contributed by atoms with Crippen molar-refractivity contribution in [1.82, 2.24) is 9.80 Å². The van der Waals surface area contributed by atoms with Crippen LogP contribution in [0, 0.1) is 5.82 Å². The molecular weight excluding hydrogens is 465 g/mol. The SMILES string of the molecule is C=CN=C(CC)C(/C(C)=C\C)=C(\C)N1C[C@@H](C)N(C(=O)OC(C)(C)C)C[C@@H]1C.C=Cc1cccc(F)c1. The first-order valence-corrected chi connectivity index (χ1v) is 13.0. The van der Waals surface area contributed by atoms with E-state index >= 15 is 0 Å². The van der Waals surface area contributed by atoms with Crippen LogP contribution in [0.3, 0.4) is 0 Å². The minimum absolute atomic E-state index is 0.0644. The standard InChI is InChI=1S/C23H39N3O2.C8H7F/c1-11-16(4)21(20(12-2)24-13-3)19(7)25-14-18(6)26(15-17(25)5)22(27)28-23(8,9)10;1-2-7-4-3-5-8(9)6-7/h11,13,17-18H,3,12,14-15H2,1-2,4-10H3;2-6H,1H2/b16-11-,21-19+,24-20?;/t17-,18+;/m0./s1. The lowest BCUT2D eigenvalue weighted by Gasteiger charge is -2.46. The molecule has 1 saturated heterocycles. The molecule has 37 heavy (non-hydrogen) atoms. The molecular formula is C31H46FN3O2. The monoisotopic (exact) mass is 511 g/mol. The topological polar surface area (TPSA) is 45.1 Å². The van der Waals surface area contributed by atoms with Crippen LogP contribution in [-0.2, 0) is 4.74 Å². The number of ether oxygens (including phenoxy) is 1. The third-order valence-corrected chi connectivity index (χ3v) is 6.19. The van der Waals surface area contributed by atoms with Crippen LogP contribution in [0.15, 0.2) is 71.5 Å². The van der Waals surface area contributed by atoms with E-state index in [0.29, 0.717) is 6.54 Å². The van der Waals surface area contributed by atoms with Gasteiger partial charge in [-0.05, 0) is 85.1 Å². The molecule has 1 amide bonds. The molecule has 1 aliphatic rings. The fourth-order valence-electron chi connectivity index (χ4n) is 4.25. The average molecular weight is 512 g/mol. The van der Waals surface area contributed by atoms with Gasteiger partial charge in [-0.25, -0.2) is 9.18 Å². The molecule has 5 nitrogen and oxygen atoms in total. The van der Waals surface area contributed by atoms with E-state index in [4.69, 9.17) is 4.74 Å². The van der Waals surface area contributed by atoms with Gasteiger partial charge in [0, 0.05) is 48.4 Å². The molecule has 0 aromatic heterocycles. The summed E-state index contributed by atoms with van der Waals surface area (Å²) in [7, 11) is 0. The summed E-state index contributed by atoms with van der Waals surface area (Å²) in [6, 6.07) is 6.56. The van der Waals surface area contributed by atoms with E-state index in [9.17, 15) is 9.18 Å². The molecule has 6 heteroatoms. The van der Waals surface area contributed by atoms with E-state index < -0.39 is 5.60 Å². The van der Waals surface area contributed by atoms with Crippen LogP contribution in [-0.4, -0.2) is 52.4 Å². The molecule has 0 unspecified atom stereocenters. The first-order valence-electron chi connectivity index (χ1n) is 13.0. The van der Waals surface area contributed by atoms with Crippen molar-refractivity contribution in [2.45, 2.75) is 86.4 Å². The number of piperazine rings is 1. The number of halogens is 1. The van der Waals surface area contributed by atoms with Gasteiger partial charge < -0.3 is 14.5 Å². The maximum atomic E-state index is 12.6. The van der Waals surface area contributed by atoms with E-state index in [1.807, 2.05) is 25.7 Å². The van der Waals surface area contributed by atoms with Crippen molar-refractivity contribution in [3.8, 4) is 0 Å². The number of allylic oxidation sites excluding steroid dienone is 4. The summed E-state index contributed by atoms with van der Waals surface area (Å²) in [4.78, 5) is 21.4. The lowest BCUT2D eigenvalue weighted by atomic mass is 9.96. The van der Waals surface area contributed by atoms with Gasteiger partial charge in [-0.3, -0.25) is 4.99 Å². The minimum Gasteiger partial charge on any atom is -0.444 e. The van der Waals surface area contributed by atoms with Crippen LogP contribution >= 0.6 is 0 Å². The van der Waals surface area contributed by atoms with Crippen LogP contribution < -0.4 is 0 Å². The predicted octanol–water partition coefficient (Wildman–Crippen LogP) is 8.02. The molecule has 0 radical (unpaired) electrons. The second kappa shape index (κ2) is 14.6. The van der Waals surface area contributed by atoms with Gasteiger partial charge in [-0.15, -0.1) is 0 Å². The highest BCUT2D eigenvalue weighted by Gasteiger charge is 2.35. The second-order valence-corrected chi connectivity index (χ2v) is 10.3. The molecule has 0 saturated carbocycles. The number of rotatable bonds is 6. The van der Waals surface area contributed by atoms with Crippen LogP contribution in [0.4, 0.5) is 9.18 Å². The minimum atomic E-state index is -0.486. The van der Waals surface area contributed by atoms with Gasteiger partial charge in [0.05, 0.1) is 0 Å². The molecule has 2 rings (SSSR count). The Balaban J connectivity index is 0.000000635. The number of benzene rings is 1. The van der Waals surface area contributed by atoms with Crippen molar-refractivity contribution in [2.24, 2.45) is 4.99 Å². The Kier molecular flexibility index (Phi) is 12.5. The van der Waals surface area contributed by atoms with Gasteiger partial charge in [0.15, 0.2) is 0 Å². The predicted molar refractivity (Wildman–Crippen MR) is 155 cm³/mol. The molecule has 0 spiro atoms. The normalized spacial score (nSPS) is 19.4. The van der Waals surface area contributed by atoms with Crippen LogP contribution in [0.5, 0.6) is 0 Å². The van der Waals surface area contributed by atoms with E-state index in [0.717, 1.165) is 24.2 Å². The maximum absolute atomic E-state index is 12.6. The molecule has 1 heterocycles. The largest absolute Gasteiger partial charge is 0.444 e. The average Bonchev–Trinajstić information content (AvgIpc) is 2.83. The highest BCUT2D eigenvalue weighted by Crippen LogP contribution is 2.27. The molecule has 1 aliphatic heterocycles. The second-order valence-electron chi connectivity index (χ2n) is 10.3. The zero-order valence-corrected chi connectivity index (χ0v) is 24.3. The number of carbonyl (C=O) groups is 1. The van der Waals surface area contributed by atoms with Crippen molar-refractivity contribution < 1.29 is 13.9 Å². The number of nitrogens with zero attached hydrogens (tertiary/aromatic N) is 3. The van der Waals surface area contributed by atoms with Gasteiger partial charge in [-0.1, -0.05) is 44.4 Å². The molecule has 2 atom stereocenters. The van der Waals surface area contributed by atoms with Crippen molar-refractivity contribution in [1.29, 1.82) is 0 Å². The van der Waals surface area contributed by atoms with Gasteiger partial charge in [0.25, 0.3) is 0 Å². The fraction of sp³-hybridized carbons (Fsp3) is 0.484. The number of carbonyl (C=O) groups excluding carboxylic acids is 1. The first-order chi connectivity index (χ1) is 17.3. The first kappa shape index (κ1) is 31.9. The Morgan fingerprint density at radius 2 is 1.76 bits per heavy atom. The van der Waals surface area contributed by atoms with E-state index in [2.05, 4.69) is 70.7 Å². The van der Waals surface area contributed by atoms with Gasteiger partial charge >= 0.3 is 6.09 Å². The van der Waals surface area contributed by atoms with Gasteiger partial charge in [0.2, 0.25) is 0 Å². The summed E-state index contributed by atoms with van der Waals surface area (Å²) in [5, 5.41) is 0. The summed E-state index contributed by atoms with van der Waals surface area (Å²) in [5.41, 5.74) is 4.94. The van der Waals surface area contributed by atoms with Gasteiger partial charge in [0.1, 0.15) is 11.4 Å². The number of amides is 1. The lowest BCUT2D eigenvalue weighted by molar-refractivity contribution is -0.00419. The van der Waals surface area contributed by atoms with Crippen molar-refractivity contribution in [3.63, 3.8) is 0 Å². The van der Waals surface area contributed by atoms with Crippen LogP contribution in [0.2, 0.25) is 0 Å². The molecule has 204 valence electrons. The number of hydrogen-bond donors (Lipinski definition) is 0. The summed E-state index contributed by atoms with van der Waals surface area (Å²) >= 11 is 0. The van der Waals surface area contributed by atoms with Crippen LogP contribution in [0.1, 0.15) is 74.3 Å². The van der Waals surface area contributed by atoms with Crippen LogP contribution in [0.25, 0.3) is 6.08 Å². The van der Waals surface area contributed by atoms with Crippen molar-refractivity contribution in [2.75, 3.05) is 13.1 Å². The number of hydrogen-bond acceptors (Lipinski definition) is 4. The third kappa shape index (κ3) is 9.67. The summed E-state index contributed by atoms with van der Waals surface area (Å²) in [6.07, 6.45) is 5.95. The fourth-order valence-corrected chi connectivity index (χ4v) is 4.25. The highest BCUT2D eigenvalue weighted by atomic mass is 19.1. The van der Waals surface area contributed by atoms with E-state index in [1.165, 1.54) is 29.0 Å². The van der Waals surface area contributed by atoms with E-state index in [-0.39, 0.29) is 24.0 Å². The Morgan fingerprint density at radius 3 is 2.22 bits per heavy atom. The lowest BCUT2D eigenvalue weighted by Crippen LogP contribution is -2.58. The van der Waals surface area contributed by atoms with E-state index in [1.54, 1.807) is 24.4 Å². The molecule has 1 aromatic rings. The molecule has 0 bridgehead atoms. The summed E-state index contributed by atoms with van der Waals surface area (Å²) in [5.74, 6) is -0.215. The summed E-state index contributed by atoms with van der Waals surface area (Å²) in [6.45, 7) is 27.1. The Bertz CT molecular complexity index is 1030. The smallest absolute Gasteiger partial charge is 0.410 e. The zero-order valence-electron chi connectivity index (χ0n) is 24.3. The third-order valence-electron chi connectivity index (χ3n) is 6.19. The molecule has 0 aliphatic carbocycles. The molecule has 1 aromatic carbocycles. The summed E-state index contributed by atoms with van der Waals surface area (Å²) < 4.78 is 17.9. The Labute approximate surface area is 224 Å².